The van der Waals surface area contributed by atoms with Crippen molar-refractivity contribution in [2.75, 3.05) is 31.1 Å². The molecule has 0 aliphatic carbocycles. The van der Waals surface area contributed by atoms with E-state index in [-0.39, 0.29) is 17.0 Å². The number of hydrogen-bond acceptors (Lipinski definition) is 4. The molecule has 0 bridgehead atoms. The fraction of sp³-hybridized carbons (Fsp3) is 0.412. The molecule has 2 aromatic rings. The maximum Gasteiger partial charge on any atom is 0.274 e. The van der Waals surface area contributed by atoms with Crippen LogP contribution < -0.4 is 9.64 Å². The molecule has 1 aromatic carbocycles. The van der Waals surface area contributed by atoms with E-state index in [0.717, 1.165) is 5.69 Å². The lowest BCUT2D eigenvalue weighted by molar-refractivity contribution is 0.0666. The number of carbonyl (C=O) groups is 1. The molecule has 2 aliphatic heterocycles. The molecule has 6 nitrogen and oxygen atoms in total. The molecule has 1 fully saturated rings. The predicted molar refractivity (Wildman–Crippen MR) is 91.8 cm³/mol. The first-order valence-corrected chi connectivity index (χ1v) is 8.62. The summed E-state index contributed by atoms with van der Waals surface area (Å²) in [5.41, 5.74) is 1.18. The third-order valence-electron chi connectivity index (χ3n) is 4.67. The first kappa shape index (κ1) is 16.2. The summed E-state index contributed by atoms with van der Waals surface area (Å²) in [6.07, 6.45) is 0. The van der Waals surface area contributed by atoms with Crippen molar-refractivity contribution in [3.63, 3.8) is 0 Å². The first-order valence-electron chi connectivity index (χ1n) is 8.24. The number of fused-ring (bicyclic) bond motifs is 1. The van der Waals surface area contributed by atoms with Crippen molar-refractivity contribution < 1.29 is 13.9 Å². The quantitative estimate of drug-likeness (QED) is 0.821. The molecule has 1 unspecified atom stereocenters. The van der Waals surface area contributed by atoms with Gasteiger partial charge in [-0.15, -0.1) is 0 Å². The lowest BCUT2D eigenvalue weighted by Crippen LogP contribution is -2.54. The molecule has 1 amide bonds. The Morgan fingerprint density at radius 3 is 2.88 bits per heavy atom. The van der Waals surface area contributed by atoms with Gasteiger partial charge in [-0.2, -0.15) is 5.10 Å². The van der Waals surface area contributed by atoms with E-state index in [4.69, 9.17) is 16.3 Å². The van der Waals surface area contributed by atoms with Crippen molar-refractivity contribution in [3.05, 3.63) is 40.8 Å². The van der Waals surface area contributed by atoms with E-state index in [9.17, 15) is 9.18 Å². The van der Waals surface area contributed by atoms with Gasteiger partial charge >= 0.3 is 0 Å². The fourth-order valence-corrected chi connectivity index (χ4v) is 3.46. The molecule has 4 rings (SSSR count). The van der Waals surface area contributed by atoms with E-state index in [1.807, 2.05) is 6.92 Å². The molecule has 132 valence electrons. The summed E-state index contributed by atoms with van der Waals surface area (Å²) in [4.78, 5) is 16.6. The number of aromatic nitrogens is 2. The van der Waals surface area contributed by atoms with Crippen LogP contribution in [0.1, 0.15) is 17.4 Å². The van der Waals surface area contributed by atoms with E-state index in [2.05, 4.69) is 10.00 Å². The van der Waals surface area contributed by atoms with Gasteiger partial charge in [0.05, 0.1) is 11.6 Å². The number of ether oxygens (including phenoxy) is 1. The van der Waals surface area contributed by atoms with Crippen LogP contribution in [0.5, 0.6) is 5.88 Å². The van der Waals surface area contributed by atoms with Crippen LogP contribution in [0.2, 0.25) is 5.02 Å². The lowest BCUT2D eigenvalue weighted by Gasteiger charge is -2.40. The van der Waals surface area contributed by atoms with E-state index < -0.39 is 5.82 Å². The minimum absolute atomic E-state index is 0.0163. The summed E-state index contributed by atoms with van der Waals surface area (Å²) in [6.45, 7) is 5.06. The Morgan fingerprint density at radius 1 is 1.32 bits per heavy atom. The van der Waals surface area contributed by atoms with Gasteiger partial charge in [0.2, 0.25) is 5.88 Å². The second-order valence-electron chi connectivity index (χ2n) is 6.33. The summed E-state index contributed by atoms with van der Waals surface area (Å²) in [5, 5.41) is 4.43. The summed E-state index contributed by atoms with van der Waals surface area (Å²) >= 11 is 5.75. The van der Waals surface area contributed by atoms with Gasteiger partial charge in [-0.3, -0.25) is 4.79 Å². The van der Waals surface area contributed by atoms with Gasteiger partial charge in [-0.1, -0.05) is 11.6 Å². The molecule has 2 aliphatic rings. The maximum absolute atomic E-state index is 13.7. The Balaban J connectivity index is 1.47. The van der Waals surface area contributed by atoms with Gasteiger partial charge in [0, 0.05) is 37.4 Å². The standard InChI is InChI=1S/C17H18ClFN4O2/c1-11-10-21(12-2-3-13(18)14(19)8-12)4-5-22(11)17(24)15-9-16-23(20-15)6-7-25-16/h2-3,8-9,11H,4-7,10H2,1H3. The molecule has 8 heteroatoms. The van der Waals surface area contributed by atoms with Gasteiger partial charge in [0.15, 0.2) is 5.69 Å². The zero-order valence-corrected chi connectivity index (χ0v) is 14.5. The van der Waals surface area contributed by atoms with Crippen LogP contribution in [0.15, 0.2) is 24.3 Å². The SMILES string of the molecule is CC1CN(c2ccc(Cl)c(F)c2)CCN1C(=O)c1cc2n(n1)CCO2. The van der Waals surface area contributed by atoms with E-state index >= 15 is 0 Å². The number of hydrogen-bond donors (Lipinski definition) is 0. The minimum Gasteiger partial charge on any atom is -0.476 e. The zero-order chi connectivity index (χ0) is 17.6. The summed E-state index contributed by atoms with van der Waals surface area (Å²) < 4.78 is 20.8. The number of rotatable bonds is 2. The third kappa shape index (κ3) is 2.93. The summed E-state index contributed by atoms with van der Waals surface area (Å²) in [7, 11) is 0. The Bertz CT molecular complexity index is 803. The highest BCUT2D eigenvalue weighted by atomic mass is 35.5. The molecule has 0 saturated carbocycles. The normalized spacial score (nSPS) is 19.7. The van der Waals surface area contributed by atoms with Gasteiger partial charge < -0.3 is 14.5 Å². The highest BCUT2D eigenvalue weighted by molar-refractivity contribution is 6.30. The molecule has 1 atom stereocenters. The number of carbonyl (C=O) groups excluding carboxylic acids is 1. The highest BCUT2D eigenvalue weighted by Gasteiger charge is 2.31. The van der Waals surface area contributed by atoms with Gasteiger partial charge in [-0.25, -0.2) is 9.07 Å². The largest absolute Gasteiger partial charge is 0.476 e. The lowest BCUT2D eigenvalue weighted by atomic mass is 10.1. The number of benzene rings is 1. The molecule has 0 radical (unpaired) electrons. The van der Waals surface area contributed by atoms with Crippen molar-refractivity contribution in [1.82, 2.24) is 14.7 Å². The van der Waals surface area contributed by atoms with Crippen molar-refractivity contribution in [3.8, 4) is 5.88 Å². The smallest absolute Gasteiger partial charge is 0.274 e. The Hall–Kier alpha value is -2.28. The zero-order valence-electron chi connectivity index (χ0n) is 13.8. The monoisotopic (exact) mass is 364 g/mol. The van der Waals surface area contributed by atoms with Crippen molar-refractivity contribution in [2.45, 2.75) is 19.5 Å². The number of nitrogens with zero attached hydrogens (tertiary/aromatic N) is 4. The predicted octanol–water partition coefficient (Wildman–Crippen LogP) is 2.42. The molecule has 1 saturated heterocycles. The second-order valence-corrected chi connectivity index (χ2v) is 6.74. The van der Waals surface area contributed by atoms with Crippen molar-refractivity contribution >= 4 is 23.2 Å². The van der Waals surface area contributed by atoms with Crippen LogP contribution in [0.25, 0.3) is 0 Å². The molecule has 0 spiro atoms. The Labute approximate surface area is 149 Å². The van der Waals surface area contributed by atoms with Crippen molar-refractivity contribution in [2.24, 2.45) is 0 Å². The third-order valence-corrected chi connectivity index (χ3v) is 4.98. The number of amides is 1. The van der Waals surface area contributed by atoms with Crippen LogP contribution in [0, 0.1) is 5.82 Å². The molecule has 0 N–H and O–H groups in total. The Kier molecular flexibility index (Phi) is 4.03. The van der Waals surface area contributed by atoms with E-state index in [1.165, 1.54) is 6.07 Å². The van der Waals surface area contributed by atoms with Crippen LogP contribution >= 0.6 is 11.6 Å². The number of piperazine rings is 1. The van der Waals surface area contributed by atoms with Crippen LogP contribution in [0.3, 0.4) is 0 Å². The Morgan fingerprint density at radius 2 is 2.16 bits per heavy atom. The maximum atomic E-state index is 13.7. The molecule has 1 aromatic heterocycles. The summed E-state index contributed by atoms with van der Waals surface area (Å²) in [5.74, 6) is 0.115. The van der Waals surface area contributed by atoms with E-state index in [0.29, 0.717) is 44.4 Å². The fourth-order valence-electron chi connectivity index (χ4n) is 3.34. The van der Waals surface area contributed by atoms with Gasteiger partial charge in [0.1, 0.15) is 12.4 Å². The van der Waals surface area contributed by atoms with E-state index in [1.54, 1.807) is 27.8 Å². The molecular weight excluding hydrogens is 347 g/mol. The average Bonchev–Trinajstić information content (AvgIpc) is 3.18. The molecule has 25 heavy (non-hydrogen) atoms. The summed E-state index contributed by atoms with van der Waals surface area (Å²) in [6, 6.07) is 6.47. The van der Waals surface area contributed by atoms with Gasteiger partial charge in [-0.05, 0) is 25.1 Å². The second kappa shape index (κ2) is 6.22. The highest BCUT2D eigenvalue weighted by Crippen LogP contribution is 2.25. The average molecular weight is 365 g/mol. The molecular formula is C17H18ClFN4O2. The van der Waals surface area contributed by atoms with Gasteiger partial charge in [0.25, 0.3) is 5.91 Å². The van der Waals surface area contributed by atoms with Crippen molar-refractivity contribution in [1.29, 1.82) is 0 Å². The van der Waals surface area contributed by atoms with Crippen LogP contribution in [-0.2, 0) is 6.54 Å². The van der Waals surface area contributed by atoms with Crippen LogP contribution in [0.4, 0.5) is 10.1 Å². The molecule has 3 heterocycles. The number of halogens is 2. The minimum atomic E-state index is -0.433. The number of anilines is 1. The topological polar surface area (TPSA) is 50.6 Å². The first-order chi connectivity index (χ1) is 12.0. The van der Waals surface area contributed by atoms with Crippen LogP contribution in [-0.4, -0.2) is 52.9 Å².